The predicted octanol–water partition coefficient (Wildman–Crippen LogP) is -9.73. The molecule has 3 fully saturated rings. The number of amides is 1. The number of ether oxygens (including phenoxy) is 4. The summed E-state index contributed by atoms with van der Waals surface area (Å²) in [6.45, 7) is -0.898. The second kappa shape index (κ2) is 20.1. The van der Waals surface area contributed by atoms with E-state index in [1.165, 1.54) is 0 Å². The van der Waals surface area contributed by atoms with Crippen LogP contribution >= 0.6 is 0 Å². The minimum absolute atomic E-state index is 0.0101. The van der Waals surface area contributed by atoms with Crippen LogP contribution in [0.2, 0.25) is 0 Å². The Morgan fingerprint density at radius 3 is 1.72 bits per heavy atom. The van der Waals surface area contributed by atoms with Crippen molar-refractivity contribution in [2.45, 2.75) is 111 Å². The Balaban J connectivity index is 0.00000109. The van der Waals surface area contributed by atoms with Crippen molar-refractivity contribution in [2.24, 2.45) is 22.9 Å². The Morgan fingerprint density at radius 2 is 1.24 bits per heavy atom. The van der Waals surface area contributed by atoms with Gasteiger partial charge in [-0.25, -0.2) is 0 Å². The zero-order valence-corrected chi connectivity index (χ0v) is 27.6. The van der Waals surface area contributed by atoms with E-state index in [2.05, 4.69) is 5.32 Å². The molecule has 2 aliphatic heterocycles. The van der Waals surface area contributed by atoms with Crippen molar-refractivity contribution in [1.82, 2.24) is 5.32 Å². The maximum Gasteiger partial charge on any atom is 0.394 e. The Kier molecular flexibility index (Phi) is 18.8. The first-order chi connectivity index (χ1) is 22.9. The largest absolute Gasteiger partial charge is 0.394 e. The maximum atomic E-state index is 12.6. The van der Waals surface area contributed by atoms with Crippen LogP contribution < -0.4 is 28.3 Å². The zero-order chi connectivity index (χ0) is 38.9. The summed E-state index contributed by atoms with van der Waals surface area (Å²) in [7, 11) is -9.33. The van der Waals surface area contributed by atoms with Crippen LogP contribution in [0.25, 0.3) is 0 Å². The number of nitrogens with two attached hydrogens (primary N) is 4. The lowest BCUT2D eigenvalue weighted by atomic mass is 9.83. The molecular weight excluding hydrogens is 734 g/mol. The molecule has 0 aromatic carbocycles. The minimum Gasteiger partial charge on any atom is -0.394 e. The van der Waals surface area contributed by atoms with Gasteiger partial charge in [0.2, 0.25) is 5.91 Å². The summed E-state index contributed by atoms with van der Waals surface area (Å²) in [5.41, 5.74) is 23.1. The highest BCUT2D eigenvalue weighted by molar-refractivity contribution is 7.80. The summed E-state index contributed by atoms with van der Waals surface area (Å²) in [5, 5.41) is 84.9. The van der Waals surface area contributed by atoms with Crippen LogP contribution in [0.15, 0.2) is 0 Å². The average Bonchev–Trinajstić information content (AvgIpc) is 2.99. The lowest BCUT2D eigenvalue weighted by molar-refractivity contribution is -0.332. The Bertz CT molecular complexity index is 1200. The average molecular weight is 782 g/mol. The highest BCUT2D eigenvalue weighted by Gasteiger charge is 2.52. The summed E-state index contributed by atoms with van der Waals surface area (Å²) < 4.78 is 85.7. The van der Waals surface area contributed by atoms with Crippen molar-refractivity contribution in [3.63, 3.8) is 0 Å². The Morgan fingerprint density at radius 1 is 0.760 bits per heavy atom. The fourth-order valence-electron chi connectivity index (χ4n) is 5.07. The molecule has 1 amide bonds. The molecule has 298 valence electrons. The Labute approximate surface area is 285 Å². The highest BCUT2D eigenvalue weighted by Crippen LogP contribution is 2.32. The quantitative estimate of drug-likeness (QED) is 0.0915. The van der Waals surface area contributed by atoms with Gasteiger partial charge in [-0.2, -0.15) is 16.8 Å². The van der Waals surface area contributed by atoms with Crippen LogP contribution in [0.4, 0.5) is 0 Å². The van der Waals surface area contributed by atoms with E-state index >= 15 is 0 Å². The molecule has 28 heteroatoms. The SMILES string of the molecule is NCC[C@@H](O)C(=O)N[C@@H]1C[C@H](N)[C@@H](O[C@H]2O[C@H](CN)[C@@H](O)[C@H](O)[C@H]2O)[C@H](O)[C@H]1O[C@H]1O[C@H](CO)[C@@H](O)[C@H](N)C1O.O=S(=O)(O)O.O=S(=O)(O)O. The summed E-state index contributed by atoms with van der Waals surface area (Å²) in [4.78, 5) is 12.6. The standard InChI is InChI=1S/C22H43N5O13.2H2O4S/c23-2-1-8(29)20(36)27-7-3-6(25)18(39-22-16(34)15(33)13(31)9(4-24)37-22)17(35)19(7)40-21-14(32)11(26)12(30)10(5-28)38-21;2*1-5(2,3)4/h6-19,21-22,28-35H,1-5,23-26H2,(H,27,36);2*(H2,1,2,3,4)/t6-,7+,8+,9+,10+,11-,12+,13+,14?,15-,16+,17-,18+,19-,21+,22+;;/m0../s1. The molecule has 3 aliphatic rings. The molecule has 1 unspecified atom stereocenters. The van der Waals surface area contributed by atoms with E-state index in [-0.39, 0.29) is 25.9 Å². The molecule has 21 N–H and O–H groups in total. The van der Waals surface area contributed by atoms with Crippen molar-refractivity contribution >= 4 is 26.7 Å². The second-order valence-corrected chi connectivity index (χ2v) is 13.0. The van der Waals surface area contributed by atoms with Crippen LogP contribution in [0.5, 0.6) is 0 Å². The fourth-order valence-corrected chi connectivity index (χ4v) is 5.07. The molecule has 3 rings (SSSR count). The van der Waals surface area contributed by atoms with E-state index < -0.39 is 131 Å². The van der Waals surface area contributed by atoms with E-state index in [9.17, 15) is 45.6 Å². The van der Waals surface area contributed by atoms with E-state index in [4.69, 9.17) is 76.9 Å². The molecule has 0 bridgehead atoms. The van der Waals surface area contributed by atoms with E-state index in [1.807, 2.05) is 0 Å². The molecule has 16 atom stereocenters. The molecule has 0 aromatic rings. The van der Waals surface area contributed by atoms with Crippen LogP contribution in [0, 0.1) is 0 Å². The van der Waals surface area contributed by atoms with Crippen LogP contribution in [0.3, 0.4) is 0 Å². The monoisotopic (exact) mass is 781 g/mol. The first-order valence-corrected chi connectivity index (χ1v) is 17.3. The number of hydrogen-bond acceptors (Lipinski definition) is 21. The van der Waals surface area contributed by atoms with E-state index in [0.717, 1.165) is 0 Å². The number of aliphatic hydroxyl groups excluding tert-OH is 8. The maximum absolute atomic E-state index is 12.6. The van der Waals surface area contributed by atoms with Gasteiger partial charge in [-0.1, -0.05) is 0 Å². The third-order valence-corrected chi connectivity index (χ3v) is 7.51. The van der Waals surface area contributed by atoms with Crippen molar-refractivity contribution in [3.8, 4) is 0 Å². The Hall–Kier alpha value is -1.43. The fraction of sp³-hybridized carbons (Fsp3) is 0.955. The van der Waals surface area contributed by atoms with E-state index in [0.29, 0.717) is 0 Å². The molecule has 0 spiro atoms. The zero-order valence-electron chi connectivity index (χ0n) is 25.9. The van der Waals surface area contributed by atoms with Crippen molar-refractivity contribution in [2.75, 3.05) is 19.7 Å². The number of hydrogen-bond donors (Lipinski definition) is 17. The second-order valence-electron chi connectivity index (χ2n) is 11.2. The number of rotatable bonds is 10. The number of nitrogens with one attached hydrogen (secondary N) is 1. The molecule has 50 heavy (non-hydrogen) atoms. The molecule has 1 saturated carbocycles. The number of aliphatic hydroxyl groups is 8. The third-order valence-electron chi connectivity index (χ3n) is 7.51. The minimum atomic E-state index is -4.67. The summed E-state index contributed by atoms with van der Waals surface area (Å²) in [5.74, 6) is -0.845. The van der Waals surface area contributed by atoms with Gasteiger partial charge < -0.3 is 88.1 Å². The molecule has 0 aromatic heterocycles. The van der Waals surface area contributed by atoms with Gasteiger partial charge in [-0.05, 0) is 19.4 Å². The summed E-state index contributed by atoms with van der Waals surface area (Å²) in [6, 6.07) is -3.45. The molecule has 2 heterocycles. The van der Waals surface area contributed by atoms with E-state index in [1.54, 1.807) is 0 Å². The molecular formula is C22H47N5O21S2. The van der Waals surface area contributed by atoms with Gasteiger partial charge in [0.05, 0.1) is 18.7 Å². The topological polar surface area (TPSA) is 481 Å². The molecule has 1 aliphatic carbocycles. The lowest BCUT2D eigenvalue weighted by Gasteiger charge is -2.49. The first kappa shape index (κ1) is 46.6. The van der Waals surface area contributed by atoms with Crippen molar-refractivity contribution in [3.05, 3.63) is 0 Å². The van der Waals surface area contributed by atoms with Crippen molar-refractivity contribution < 1.29 is 99.6 Å². The number of carbonyl (C=O) groups is 1. The normalized spacial score (nSPS) is 40.0. The summed E-state index contributed by atoms with van der Waals surface area (Å²) in [6.07, 6.45) is -19.8. The van der Waals surface area contributed by atoms with Gasteiger partial charge in [0, 0.05) is 12.6 Å². The van der Waals surface area contributed by atoms with Gasteiger partial charge in [0.15, 0.2) is 12.6 Å². The lowest BCUT2D eigenvalue weighted by Crippen LogP contribution is -2.69. The smallest absolute Gasteiger partial charge is 0.394 e. The van der Waals surface area contributed by atoms with Crippen LogP contribution in [-0.4, -0.2) is 199 Å². The first-order valence-electron chi connectivity index (χ1n) is 14.5. The summed E-state index contributed by atoms with van der Waals surface area (Å²) >= 11 is 0. The molecule has 2 saturated heterocycles. The number of carbonyl (C=O) groups excluding carboxylic acids is 1. The van der Waals surface area contributed by atoms with Crippen LogP contribution in [0.1, 0.15) is 12.8 Å². The predicted molar refractivity (Wildman–Crippen MR) is 160 cm³/mol. The van der Waals surface area contributed by atoms with Crippen LogP contribution in [-0.2, 0) is 44.5 Å². The van der Waals surface area contributed by atoms with Gasteiger partial charge >= 0.3 is 20.8 Å². The molecule has 0 radical (unpaired) electrons. The third kappa shape index (κ3) is 14.5. The van der Waals surface area contributed by atoms with Gasteiger partial charge in [0.25, 0.3) is 0 Å². The highest BCUT2D eigenvalue weighted by atomic mass is 32.3. The van der Waals surface area contributed by atoms with Crippen molar-refractivity contribution in [1.29, 1.82) is 0 Å². The van der Waals surface area contributed by atoms with Gasteiger partial charge in [-0.3, -0.25) is 23.0 Å². The molecule has 26 nitrogen and oxygen atoms in total. The van der Waals surface area contributed by atoms with Gasteiger partial charge in [-0.15, -0.1) is 0 Å². The van der Waals surface area contributed by atoms with Gasteiger partial charge in [0.1, 0.15) is 67.1 Å².